The van der Waals surface area contributed by atoms with Crippen molar-refractivity contribution in [3.8, 4) is 0 Å². The van der Waals surface area contributed by atoms with Crippen molar-refractivity contribution in [1.82, 2.24) is 29.7 Å². The third kappa shape index (κ3) is 3.49. The first-order valence-electron chi connectivity index (χ1n) is 9.72. The number of aromatic nitrogens is 5. The van der Waals surface area contributed by atoms with E-state index >= 15 is 0 Å². The second-order valence-corrected chi connectivity index (χ2v) is 7.34. The Balaban J connectivity index is 1.47. The zero-order chi connectivity index (χ0) is 21.4. The van der Waals surface area contributed by atoms with Gasteiger partial charge in [0.05, 0.1) is 17.1 Å². The maximum absolute atomic E-state index is 12.5. The smallest absolute Gasteiger partial charge is 0.271 e. The SMILES string of the molecule is Cc1nc2c(C(N)=O)ncn2c(C)c1CCC(=O)NC(C)c1nc2ccccc2[nH]1. The molecule has 1 atom stereocenters. The predicted molar refractivity (Wildman–Crippen MR) is 112 cm³/mol. The van der Waals surface area contributed by atoms with Gasteiger partial charge in [0, 0.05) is 17.8 Å². The van der Waals surface area contributed by atoms with Crippen molar-refractivity contribution in [2.75, 3.05) is 0 Å². The molecule has 1 unspecified atom stereocenters. The van der Waals surface area contributed by atoms with Crippen molar-refractivity contribution < 1.29 is 9.59 Å². The van der Waals surface area contributed by atoms with Crippen LogP contribution in [0.2, 0.25) is 0 Å². The van der Waals surface area contributed by atoms with Crippen molar-refractivity contribution in [1.29, 1.82) is 0 Å². The zero-order valence-corrected chi connectivity index (χ0v) is 17.1. The molecule has 9 heteroatoms. The number of carbonyl (C=O) groups is 2. The molecule has 2 amide bonds. The van der Waals surface area contributed by atoms with Crippen LogP contribution in [0.15, 0.2) is 30.6 Å². The van der Waals surface area contributed by atoms with E-state index in [0.717, 1.165) is 33.8 Å². The van der Waals surface area contributed by atoms with Gasteiger partial charge in [-0.1, -0.05) is 12.1 Å². The number of aromatic amines is 1. The molecule has 1 aromatic carbocycles. The molecule has 0 aliphatic heterocycles. The molecule has 4 rings (SSSR count). The summed E-state index contributed by atoms with van der Waals surface area (Å²) in [6.07, 6.45) is 2.35. The van der Waals surface area contributed by atoms with Gasteiger partial charge in [0.1, 0.15) is 12.2 Å². The number of aryl methyl sites for hydroxylation is 2. The van der Waals surface area contributed by atoms with Crippen LogP contribution in [-0.2, 0) is 11.2 Å². The standard InChI is InChI=1S/C21H23N7O2/c1-11-14(13(3)28-10-23-18(19(22)30)21(28)25-11)8-9-17(29)24-12(2)20-26-15-6-4-5-7-16(15)27-20/h4-7,10,12H,8-9H2,1-3H3,(H2,22,30)(H,24,29)(H,26,27). The van der Waals surface area contributed by atoms with E-state index in [9.17, 15) is 9.59 Å². The van der Waals surface area contributed by atoms with Crippen LogP contribution < -0.4 is 11.1 Å². The summed E-state index contributed by atoms with van der Waals surface area (Å²) in [5, 5.41) is 2.99. The van der Waals surface area contributed by atoms with Crippen LogP contribution in [0.4, 0.5) is 0 Å². The molecule has 0 fully saturated rings. The molecular formula is C21H23N7O2. The molecule has 0 bridgehead atoms. The summed E-state index contributed by atoms with van der Waals surface area (Å²) in [7, 11) is 0. The highest BCUT2D eigenvalue weighted by Crippen LogP contribution is 2.19. The van der Waals surface area contributed by atoms with Gasteiger partial charge in [-0.2, -0.15) is 0 Å². The van der Waals surface area contributed by atoms with Crippen LogP contribution in [0.3, 0.4) is 0 Å². The Kier molecular flexibility index (Phi) is 4.94. The number of imidazole rings is 2. The first-order valence-corrected chi connectivity index (χ1v) is 9.72. The number of fused-ring (bicyclic) bond motifs is 2. The van der Waals surface area contributed by atoms with E-state index in [1.54, 1.807) is 4.40 Å². The van der Waals surface area contributed by atoms with E-state index in [0.29, 0.717) is 18.5 Å². The molecule has 30 heavy (non-hydrogen) atoms. The molecular weight excluding hydrogens is 382 g/mol. The number of hydrogen-bond donors (Lipinski definition) is 3. The van der Waals surface area contributed by atoms with Crippen LogP contribution in [-0.4, -0.2) is 36.2 Å². The first-order chi connectivity index (χ1) is 14.3. The number of carbonyl (C=O) groups excluding carboxylic acids is 2. The molecule has 9 nitrogen and oxygen atoms in total. The Morgan fingerprint density at radius 1 is 1.23 bits per heavy atom. The van der Waals surface area contributed by atoms with Gasteiger partial charge in [0.2, 0.25) is 5.91 Å². The highest BCUT2D eigenvalue weighted by atomic mass is 16.2. The molecule has 3 aromatic heterocycles. The molecule has 0 aliphatic carbocycles. The van der Waals surface area contributed by atoms with Crippen molar-refractivity contribution in [2.45, 2.75) is 39.7 Å². The summed E-state index contributed by atoms with van der Waals surface area (Å²) in [6.45, 7) is 5.67. The van der Waals surface area contributed by atoms with E-state index in [4.69, 9.17) is 5.73 Å². The molecule has 0 spiro atoms. The molecule has 0 saturated heterocycles. The van der Waals surface area contributed by atoms with Crippen LogP contribution in [0.25, 0.3) is 16.7 Å². The molecule has 4 N–H and O–H groups in total. The predicted octanol–water partition coefficient (Wildman–Crippen LogP) is 2.13. The van der Waals surface area contributed by atoms with Crippen LogP contribution in [0.5, 0.6) is 0 Å². The molecule has 3 heterocycles. The lowest BCUT2D eigenvalue weighted by atomic mass is 10.1. The summed E-state index contributed by atoms with van der Waals surface area (Å²) in [4.78, 5) is 40.4. The van der Waals surface area contributed by atoms with Gasteiger partial charge in [-0.3, -0.25) is 14.0 Å². The molecule has 0 aliphatic rings. The zero-order valence-electron chi connectivity index (χ0n) is 17.1. The average molecular weight is 405 g/mol. The van der Waals surface area contributed by atoms with Gasteiger partial charge in [-0.15, -0.1) is 0 Å². The fraction of sp³-hybridized carbons (Fsp3) is 0.286. The summed E-state index contributed by atoms with van der Waals surface area (Å²) >= 11 is 0. The fourth-order valence-electron chi connectivity index (χ4n) is 3.66. The van der Waals surface area contributed by atoms with E-state index < -0.39 is 5.91 Å². The van der Waals surface area contributed by atoms with Gasteiger partial charge in [0.25, 0.3) is 5.91 Å². The van der Waals surface area contributed by atoms with E-state index in [2.05, 4.69) is 25.3 Å². The van der Waals surface area contributed by atoms with Gasteiger partial charge in [-0.05, 0) is 44.9 Å². The Labute approximate surface area is 172 Å². The molecule has 0 radical (unpaired) electrons. The number of nitrogens with two attached hydrogens (primary N) is 1. The normalized spacial score (nSPS) is 12.4. The minimum atomic E-state index is -0.615. The van der Waals surface area contributed by atoms with Crippen LogP contribution >= 0.6 is 0 Å². The third-order valence-corrected chi connectivity index (χ3v) is 5.28. The van der Waals surface area contributed by atoms with Crippen molar-refractivity contribution in [2.24, 2.45) is 5.73 Å². The van der Waals surface area contributed by atoms with Gasteiger partial charge >= 0.3 is 0 Å². The first kappa shape index (κ1) is 19.6. The minimum Gasteiger partial charge on any atom is -0.364 e. The minimum absolute atomic E-state index is 0.0784. The highest BCUT2D eigenvalue weighted by Gasteiger charge is 2.18. The Morgan fingerprint density at radius 3 is 2.73 bits per heavy atom. The maximum atomic E-state index is 12.5. The summed E-state index contributed by atoms with van der Waals surface area (Å²) in [6, 6.07) is 7.51. The quantitative estimate of drug-likeness (QED) is 0.452. The van der Waals surface area contributed by atoms with Gasteiger partial charge < -0.3 is 16.0 Å². The second-order valence-electron chi connectivity index (χ2n) is 7.34. The fourth-order valence-corrected chi connectivity index (χ4v) is 3.66. The topological polar surface area (TPSA) is 131 Å². The van der Waals surface area contributed by atoms with Crippen LogP contribution in [0, 0.1) is 13.8 Å². The number of H-pyrrole nitrogens is 1. The molecule has 0 saturated carbocycles. The average Bonchev–Trinajstić information content (AvgIpc) is 3.32. The summed E-state index contributed by atoms with van der Waals surface area (Å²) < 4.78 is 1.73. The Morgan fingerprint density at radius 2 is 2.00 bits per heavy atom. The third-order valence-electron chi connectivity index (χ3n) is 5.28. The molecule has 4 aromatic rings. The highest BCUT2D eigenvalue weighted by molar-refractivity contribution is 5.96. The number of nitrogens with zero attached hydrogens (tertiary/aromatic N) is 4. The largest absolute Gasteiger partial charge is 0.364 e. The number of primary amides is 1. The number of nitrogens with one attached hydrogen (secondary N) is 2. The number of benzene rings is 1. The Hall–Kier alpha value is -3.75. The lowest BCUT2D eigenvalue weighted by molar-refractivity contribution is -0.121. The van der Waals surface area contributed by atoms with Crippen molar-refractivity contribution in [3.63, 3.8) is 0 Å². The van der Waals surface area contributed by atoms with Crippen molar-refractivity contribution in [3.05, 3.63) is 59.1 Å². The van der Waals surface area contributed by atoms with Crippen molar-refractivity contribution >= 4 is 28.5 Å². The summed E-state index contributed by atoms with van der Waals surface area (Å²) in [5.74, 6) is 0.0261. The number of rotatable bonds is 6. The number of para-hydroxylation sites is 2. The summed E-state index contributed by atoms with van der Waals surface area (Å²) in [5.41, 5.74) is 10.3. The maximum Gasteiger partial charge on any atom is 0.271 e. The van der Waals surface area contributed by atoms with Gasteiger partial charge in [0.15, 0.2) is 11.3 Å². The number of amides is 2. The second kappa shape index (κ2) is 7.58. The Bertz CT molecular complexity index is 1240. The number of hydrogen-bond acceptors (Lipinski definition) is 5. The van der Waals surface area contributed by atoms with E-state index in [1.807, 2.05) is 45.0 Å². The van der Waals surface area contributed by atoms with E-state index in [-0.39, 0.29) is 17.6 Å². The van der Waals surface area contributed by atoms with Crippen LogP contribution in [0.1, 0.15) is 52.7 Å². The van der Waals surface area contributed by atoms with E-state index in [1.165, 1.54) is 6.33 Å². The lowest BCUT2D eigenvalue weighted by Crippen LogP contribution is -2.27. The monoisotopic (exact) mass is 405 g/mol. The molecule has 154 valence electrons. The lowest BCUT2D eigenvalue weighted by Gasteiger charge is -2.14. The van der Waals surface area contributed by atoms with Gasteiger partial charge in [-0.25, -0.2) is 15.0 Å².